The lowest BCUT2D eigenvalue weighted by Gasteiger charge is -2.30. The van der Waals surface area contributed by atoms with Gasteiger partial charge in [0.2, 0.25) is 5.88 Å². The Morgan fingerprint density at radius 3 is 2.86 bits per heavy atom. The molecule has 1 aliphatic rings. The highest BCUT2D eigenvalue weighted by Gasteiger charge is 2.25. The van der Waals surface area contributed by atoms with Crippen LogP contribution in [0, 0.1) is 0 Å². The van der Waals surface area contributed by atoms with Gasteiger partial charge in [0.05, 0.1) is 18.4 Å². The number of ether oxygens (including phenoxy) is 2. The lowest BCUT2D eigenvalue weighted by Crippen LogP contribution is -2.38. The van der Waals surface area contributed by atoms with E-state index in [1.807, 2.05) is 37.2 Å². The van der Waals surface area contributed by atoms with Crippen LogP contribution in [-0.2, 0) is 0 Å². The third-order valence-electron chi connectivity index (χ3n) is 4.41. The first-order valence-corrected chi connectivity index (χ1v) is 8.92. The molecule has 0 saturated carbocycles. The Labute approximate surface area is 163 Å². The Kier molecular flexibility index (Phi) is 4.80. The number of anilines is 2. The predicted octanol–water partition coefficient (Wildman–Crippen LogP) is 3.37. The highest BCUT2D eigenvalue weighted by Crippen LogP contribution is 2.36. The smallest absolute Gasteiger partial charge is 0.258 e. The molecule has 0 spiro atoms. The lowest BCUT2D eigenvalue weighted by molar-refractivity contribution is 0.0976. The van der Waals surface area contributed by atoms with Crippen LogP contribution in [0.5, 0.6) is 17.4 Å². The molecule has 142 valence electrons. The molecule has 28 heavy (non-hydrogen) atoms. The van der Waals surface area contributed by atoms with Gasteiger partial charge in [0, 0.05) is 43.8 Å². The number of nitrogens with zero attached hydrogens (tertiary/aromatic N) is 4. The van der Waals surface area contributed by atoms with E-state index in [1.54, 1.807) is 41.6 Å². The van der Waals surface area contributed by atoms with Gasteiger partial charge in [-0.3, -0.25) is 9.78 Å². The molecule has 0 radical (unpaired) electrons. The van der Waals surface area contributed by atoms with Crippen LogP contribution >= 0.6 is 0 Å². The van der Waals surface area contributed by atoms with E-state index in [1.165, 1.54) is 6.20 Å². The minimum absolute atomic E-state index is 0.105. The molecule has 0 aliphatic carbocycles. The summed E-state index contributed by atoms with van der Waals surface area (Å²) in [6.07, 6.45) is 4.65. The zero-order valence-electron chi connectivity index (χ0n) is 15.7. The van der Waals surface area contributed by atoms with Crippen molar-refractivity contribution in [3.63, 3.8) is 0 Å². The standard InChI is InChI=1S/C21H20N4O3/c1-24(2)16-6-7-18-19(13-16)27-11-10-25(18)21(26)15-4-3-5-17(12-15)28-20-14-22-8-9-23-20/h3-9,12-14H,10-11H2,1-2H3. The van der Waals surface area contributed by atoms with Gasteiger partial charge in [-0.15, -0.1) is 0 Å². The van der Waals surface area contributed by atoms with E-state index in [0.717, 1.165) is 11.4 Å². The molecule has 0 atom stereocenters. The van der Waals surface area contributed by atoms with Crippen molar-refractivity contribution < 1.29 is 14.3 Å². The average molecular weight is 376 g/mol. The first-order chi connectivity index (χ1) is 13.6. The second-order valence-corrected chi connectivity index (χ2v) is 6.53. The fourth-order valence-electron chi connectivity index (χ4n) is 3.01. The highest BCUT2D eigenvalue weighted by molar-refractivity contribution is 6.07. The van der Waals surface area contributed by atoms with Crippen LogP contribution in [0.4, 0.5) is 11.4 Å². The van der Waals surface area contributed by atoms with E-state index in [2.05, 4.69) is 9.97 Å². The summed E-state index contributed by atoms with van der Waals surface area (Å²) in [5.74, 6) is 1.51. The van der Waals surface area contributed by atoms with Gasteiger partial charge in [0.1, 0.15) is 18.1 Å². The normalized spacial score (nSPS) is 12.7. The van der Waals surface area contributed by atoms with Crippen LogP contribution in [0.15, 0.2) is 61.1 Å². The molecular weight excluding hydrogens is 356 g/mol. The molecule has 1 aromatic heterocycles. The monoisotopic (exact) mass is 376 g/mol. The number of amides is 1. The van der Waals surface area contributed by atoms with E-state index < -0.39 is 0 Å². The minimum atomic E-state index is -0.105. The molecule has 2 aromatic carbocycles. The molecule has 0 unspecified atom stereocenters. The maximum absolute atomic E-state index is 13.2. The number of aromatic nitrogens is 2. The Hall–Kier alpha value is -3.61. The Bertz CT molecular complexity index is 992. The van der Waals surface area contributed by atoms with E-state index in [9.17, 15) is 4.79 Å². The topological polar surface area (TPSA) is 67.8 Å². The largest absolute Gasteiger partial charge is 0.489 e. The Balaban J connectivity index is 1.60. The van der Waals surface area contributed by atoms with Crippen LogP contribution in [-0.4, -0.2) is 43.1 Å². The summed E-state index contributed by atoms with van der Waals surface area (Å²) >= 11 is 0. The summed E-state index contributed by atoms with van der Waals surface area (Å²) in [7, 11) is 3.94. The summed E-state index contributed by atoms with van der Waals surface area (Å²) in [6, 6.07) is 12.9. The van der Waals surface area contributed by atoms with Crippen molar-refractivity contribution >= 4 is 17.3 Å². The van der Waals surface area contributed by atoms with Crippen LogP contribution in [0.1, 0.15) is 10.4 Å². The quantitative estimate of drug-likeness (QED) is 0.695. The van der Waals surface area contributed by atoms with Gasteiger partial charge in [0.15, 0.2) is 0 Å². The van der Waals surface area contributed by atoms with Crippen molar-refractivity contribution in [2.24, 2.45) is 0 Å². The van der Waals surface area contributed by atoms with Crippen molar-refractivity contribution in [3.05, 3.63) is 66.6 Å². The van der Waals surface area contributed by atoms with E-state index in [0.29, 0.717) is 36.1 Å². The van der Waals surface area contributed by atoms with E-state index >= 15 is 0 Å². The van der Waals surface area contributed by atoms with E-state index in [4.69, 9.17) is 9.47 Å². The van der Waals surface area contributed by atoms with Crippen molar-refractivity contribution in [3.8, 4) is 17.4 Å². The summed E-state index contributed by atoms with van der Waals surface area (Å²) in [5, 5.41) is 0. The molecule has 1 amide bonds. The molecule has 7 heteroatoms. The Morgan fingerprint density at radius 2 is 2.07 bits per heavy atom. The van der Waals surface area contributed by atoms with Crippen molar-refractivity contribution in [2.45, 2.75) is 0 Å². The fourth-order valence-corrected chi connectivity index (χ4v) is 3.01. The first kappa shape index (κ1) is 17.8. The molecule has 3 aromatic rings. The number of carbonyl (C=O) groups is 1. The number of carbonyl (C=O) groups excluding carboxylic acids is 1. The van der Waals surface area contributed by atoms with Crippen LogP contribution < -0.4 is 19.3 Å². The molecule has 0 bridgehead atoms. The number of benzene rings is 2. The lowest BCUT2D eigenvalue weighted by atomic mass is 10.1. The molecule has 0 saturated heterocycles. The van der Waals surface area contributed by atoms with Gasteiger partial charge < -0.3 is 19.3 Å². The van der Waals surface area contributed by atoms with Crippen molar-refractivity contribution in [2.75, 3.05) is 37.0 Å². The third kappa shape index (κ3) is 3.59. The number of hydrogen-bond donors (Lipinski definition) is 0. The van der Waals surface area contributed by atoms with Gasteiger partial charge in [-0.05, 0) is 30.3 Å². The fraction of sp³-hybridized carbons (Fsp3) is 0.190. The van der Waals surface area contributed by atoms with Crippen LogP contribution in [0.25, 0.3) is 0 Å². The van der Waals surface area contributed by atoms with Gasteiger partial charge in [-0.2, -0.15) is 0 Å². The van der Waals surface area contributed by atoms with Gasteiger partial charge in [0.25, 0.3) is 5.91 Å². The molecule has 1 aliphatic heterocycles. The summed E-state index contributed by atoms with van der Waals surface area (Å²) in [4.78, 5) is 25.0. The SMILES string of the molecule is CN(C)c1ccc2c(c1)OCCN2C(=O)c1cccc(Oc2cnccn2)c1. The van der Waals surface area contributed by atoms with Gasteiger partial charge in [-0.1, -0.05) is 6.07 Å². The molecule has 2 heterocycles. The first-order valence-electron chi connectivity index (χ1n) is 8.92. The van der Waals surface area contributed by atoms with Gasteiger partial charge >= 0.3 is 0 Å². The molecule has 4 rings (SSSR count). The van der Waals surface area contributed by atoms with Crippen molar-refractivity contribution in [1.82, 2.24) is 9.97 Å². The van der Waals surface area contributed by atoms with Crippen molar-refractivity contribution in [1.29, 1.82) is 0 Å². The summed E-state index contributed by atoms with van der Waals surface area (Å²) in [5.41, 5.74) is 2.32. The number of rotatable bonds is 4. The van der Waals surface area contributed by atoms with E-state index in [-0.39, 0.29) is 5.91 Å². The zero-order chi connectivity index (χ0) is 19.5. The van der Waals surface area contributed by atoms with Crippen LogP contribution in [0.3, 0.4) is 0 Å². The minimum Gasteiger partial charge on any atom is -0.489 e. The zero-order valence-corrected chi connectivity index (χ0v) is 15.7. The second kappa shape index (κ2) is 7.56. The molecule has 0 N–H and O–H groups in total. The van der Waals surface area contributed by atoms with Gasteiger partial charge in [-0.25, -0.2) is 4.98 Å². The third-order valence-corrected chi connectivity index (χ3v) is 4.41. The average Bonchev–Trinajstić information content (AvgIpc) is 2.73. The predicted molar refractivity (Wildman–Crippen MR) is 106 cm³/mol. The maximum atomic E-state index is 13.2. The highest BCUT2D eigenvalue weighted by atomic mass is 16.5. The second-order valence-electron chi connectivity index (χ2n) is 6.53. The summed E-state index contributed by atoms with van der Waals surface area (Å²) in [6.45, 7) is 0.938. The molecule has 7 nitrogen and oxygen atoms in total. The maximum Gasteiger partial charge on any atom is 0.258 e. The molecular formula is C21H20N4O3. The van der Waals surface area contributed by atoms with Crippen LogP contribution in [0.2, 0.25) is 0 Å². The molecule has 0 fully saturated rings. The Morgan fingerprint density at radius 1 is 1.18 bits per heavy atom. The number of fused-ring (bicyclic) bond motifs is 1. The number of hydrogen-bond acceptors (Lipinski definition) is 6. The summed E-state index contributed by atoms with van der Waals surface area (Å²) < 4.78 is 11.5.